The highest BCUT2D eigenvalue weighted by Gasteiger charge is 2.21. The Morgan fingerprint density at radius 2 is 1.50 bits per heavy atom. The van der Waals surface area contributed by atoms with Crippen molar-refractivity contribution >= 4 is 0 Å². The van der Waals surface area contributed by atoms with E-state index in [1.165, 1.54) is 23.1 Å². The van der Waals surface area contributed by atoms with E-state index >= 15 is 0 Å². The van der Waals surface area contributed by atoms with E-state index < -0.39 is 0 Å². The van der Waals surface area contributed by atoms with Gasteiger partial charge in [0, 0.05) is 13.1 Å². The van der Waals surface area contributed by atoms with Crippen LogP contribution in [0.4, 0.5) is 0 Å². The lowest BCUT2D eigenvalue weighted by Gasteiger charge is -2.14. The highest BCUT2D eigenvalue weighted by Crippen LogP contribution is 2.34. The smallest absolute Gasteiger partial charge is 0.161 e. The molecule has 0 unspecified atom stereocenters. The molecule has 22 heavy (non-hydrogen) atoms. The lowest BCUT2D eigenvalue weighted by atomic mass is 10.1. The maximum Gasteiger partial charge on any atom is 0.161 e. The summed E-state index contributed by atoms with van der Waals surface area (Å²) in [4.78, 5) is 2.49. The summed E-state index contributed by atoms with van der Waals surface area (Å²) in [7, 11) is 3.38. The van der Waals surface area contributed by atoms with Gasteiger partial charge in [0.05, 0.1) is 14.2 Å². The second kappa shape index (κ2) is 6.84. The molecule has 0 amide bonds. The largest absolute Gasteiger partial charge is 0.493 e. The van der Waals surface area contributed by atoms with Gasteiger partial charge in [-0.2, -0.15) is 0 Å². The normalized spacial score (nSPS) is 13.9. The average molecular weight is 297 g/mol. The van der Waals surface area contributed by atoms with Crippen LogP contribution in [0, 0.1) is 0 Å². The number of methoxy groups -OCH3 is 2. The summed E-state index contributed by atoms with van der Waals surface area (Å²) in [5.74, 6) is 1.65. The highest BCUT2D eigenvalue weighted by atomic mass is 16.5. The molecule has 0 saturated carbocycles. The quantitative estimate of drug-likeness (QED) is 0.812. The molecule has 1 heterocycles. The molecule has 1 aliphatic rings. The summed E-state index contributed by atoms with van der Waals surface area (Å²) in [5.41, 5.74) is 4.14. The summed E-state index contributed by atoms with van der Waals surface area (Å²) >= 11 is 0. The van der Waals surface area contributed by atoms with Crippen molar-refractivity contribution in [3.63, 3.8) is 0 Å². The summed E-state index contributed by atoms with van der Waals surface area (Å²) < 4.78 is 10.8. The molecule has 1 aliphatic heterocycles. The first-order chi connectivity index (χ1) is 10.8. The van der Waals surface area contributed by atoms with Crippen LogP contribution in [-0.4, -0.2) is 25.7 Å². The van der Waals surface area contributed by atoms with Crippen LogP contribution >= 0.6 is 0 Å². The van der Waals surface area contributed by atoms with Crippen molar-refractivity contribution in [2.75, 3.05) is 20.8 Å². The molecule has 0 N–H and O–H groups in total. The first kappa shape index (κ1) is 14.9. The molecule has 3 rings (SSSR count). The fraction of sp³-hybridized carbons (Fsp3) is 0.368. The van der Waals surface area contributed by atoms with Gasteiger partial charge in [-0.25, -0.2) is 0 Å². The van der Waals surface area contributed by atoms with Crippen LogP contribution < -0.4 is 9.47 Å². The molecule has 0 aliphatic carbocycles. The topological polar surface area (TPSA) is 21.7 Å². The van der Waals surface area contributed by atoms with Crippen LogP contribution in [0.2, 0.25) is 0 Å². The maximum atomic E-state index is 5.39. The predicted molar refractivity (Wildman–Crippen MR) is 88.4 cm³/mol. The minimum Gasteiger partial charge on any atom is -0.493 e. The Kier molecular flexibility index (Phi) is 4.64. The highest BCUT2D eigenvalue weighted by molar-refractivity contribution is 5.48. The number of hydrogen-bond acceptors (Lipinski definition) is 3. The van der Waals surface area contributed by atoms with Crippen LogP contribution in [0.25, 0.3) is 0 Å². The molecule has 0 fully saturated rings. The molecule has 0 spiro atoms. The SMILES string of the molecule is COc1cc2c(cc1OC)CN(CCCc1ccccc1)C2. The van der Waals surface area contributed by atoms with Crippen molar-refractivity contribution in [2.45, 2.75) is 25.9 Å². The fourth-order valence-electron chi connectivity index (χ4n) is 3.10. The second-order valence-corrected chi connectivity index (χ2v) is 5.78. The third kappa shape index (κ3) is 3.25. The van der Waals surface area contributed by atoms with Gasteiger partial charge in [-0.1, -0.05) is 30.3 Å². The Balaban J connectivity index is 1.57. The summed E-state index contributed by atoms with van der Waals surface area (Å²) in [5, 5.41) is 0. The molecule has 0 saturated heterocycles. The van der Waals surface area contributed by atoms with E-state index in [0.29, 0.717) is 0 Å². The zero-order chi connectivity index (χ0) is 15.4. The molecule has 0 radical (unpaired) electrons. The van der Waals surface area contributed by atoms with E-state index in [-0.39, 0.29) is 0 Å². The first-order valence-electron chi connectivity index (χ1n) is 7.80. The van der Waals surface area contributed by atoms with Gasteiger partial charge in [0.15, 0.2) is 11.5 Å². The number of nitrogens with zero attached hydrogens (tertiary/aromatic N) is 1. The third-order valence-electron chi connectivity index (χ3n) is 4.28. The number of benzene rings is 2. The van der Waals surface area contributed by atoms with E-state index in [4.69, 9.17) is 9.47 Å². The van der Waals surface area contributed by atoms with Crippen molar-refractivity contribution in [3.8, 4) is 11.5 Å². The number of ether oxygens (including phenoxy) is 2. The lowest BCUT2D eigenvalue weighted by molar-refractivity contribution is 0.280. The van der Waals surface area contributed by atoms with Crippen molar-refractivity contribution in [3.05, 3.63) is 59.2 Å². The molecule has 2 aromatic rings. The monoisotopic (exact) mass is 297 g/mol. The Morgan fingerprint density at radius 1 is 0.909 bits per heavy atom. The Labute approximate surface area is 132 Å². The van der Waals surface area contributed by atoms with Gasteiger partial charge in [0.1, 0.15) is 0 Å². The molecule has 0 atom stereocenters. The molecule has 3 nitrogen and oxygen atoms in total. The third-order valence-corrected chi connectivity index (χ3v) is 4.28. The molecular weight excluding hydrogens is 274 g/mol. The van der Waals surface area contributed by atoms with E-state index in [1.807, 2.05) is 0 Å². The predicted octanol–water partition coefficient (Wildman–Crippen LogP) is 3.65. The molecular formula is C19H23NO2. The number of fused-ring (bicyclic) bond motifs is 1. The van der Waals surface area contributed by atoms with Gasteiger partial charge in [-0.15, -0.1) is 0 Å². The van der Waals surface area contributed by atoms with Gasteiger partial charge in [0.25, 0.3) is 0 Å². The standard InChI is InChI=1S/C19H23NO2/c1-21-18-11-16-13-20(14-17(16)12-19(18)22-2)10-6-9-15-7-4-3-5-8-15/h3-5,7-8,11-12H,6,9-10,13-14H2,1-2H3. The summed E-state index contributed by atoms with van der Waals surface area (Å²) in [6.07, 6.45) is 2.33. The molecule has 116 valence electrons. The van der Waals surface area contributed by atoms with Gasteiger partial charge >= 0.3 is 0 Å². The number of hydrogen-bond donors (Lipinski definition) is 0. The van der Waals surface area contributed by atoms with Crippen molar-refractivity contribution < 1.29 is 9.47 Å². The Hall–Kier alpha value is -2.00. The van der Waals surface area contributed by atoms with Gasteiger partial charge in [-0.05, 0) is 48.2 Å². The van der Waals surface area contributed by atoms with E-state index in [0.717, 1.165) is 37.6 Å². The Morgan fingerprint density at radius 3 is 2.05 bits per heavy atom. The first-order valence-corrected chi connectivity index (χ1v) is 7.80. The van der Waals surface area contributed by atoms with Crippen LogP contribution in [0.5, 0.6) is 11.5 Å². The van der Waals surface area contributed by atoms with Crippen LogP contribution in [-0.2, 0) is 19.5 Å². The zero-order valence-electron chi connectivity index (χ0n) is 13.3. The molecule has 0 bridgehead atoms. The minimum atomic E-state index is 0.826. The van der Waals surface area contributed by atoms with Gasteiger partial charge in [0.2, 0.25) is 0 Å². The molecule has 3 heteroatoms. The number of aryl methyl sites for hydroxylation is 1. The molecule has 2 aromatic carbocycles. The van der Waals surface area contributed by atoms with Crippen LogP contribution in [0.15, 0.2) is 42.5 Å². The maximum absolute atomic E-state index is 5.39. The zero-order valence-corrected chi connectivity index (χ0v) is 13.3. The fourth-order valence-corrected chi connectivity index (χ4v) is 3.10. The second-order valence-electron chi connectivity index (χ2n) is 5.78. The minimum absolute atomic E-state index is 0.826. The van der Waals surface area contributed by atoms with Crippen molar-refractivity contribution in [2.24, 2.45) is 0 Å². The van der Waals surface area contributed by atoms with Crippen LogP contribution in [0.3, 0.4) is 0 Å². The number of rotatable bonds is 6. The Bertz CT molecular complexity index is 592. The van der Waals surface area contributed by atoms with Crippen molar-refractivity contribution in [1.29, 1.82) is 0 Å². The lowest BCUT2D eigenvalue weighted by Crippen LogP contribution is -2.18. The van der Waals surface area contributed by atoms with Gasteiger partial charge < -0.3 is 9.47 Å². The van der Waals surface area contributed by atoms with E-state index in [9.17, 15) is 0 Å². The van der Waals surface area contributed by atoms with Crippen LogP contribution in [0.1, 0.15) is 23.1 Å². The summed E-state index contributed by atoms with van der Waals surface area (Å²) in [6, 6.07) is 14.9. The van der Waals surface area contributed by atoms with Gasteiger partial charge in [-0.3, -0.25) is 4.90 Å². The average Bonchev–Trinajstić information content (AvgIpc) is 2.96. The summed E-state index contributed by atoms with van der Waals surface area (Å²) in [6.45, 7) is 3.13. The van der Waals surface area contributed by atoms with E-state index in [2.05, 4.69) is 47.4 Å². The van der Waals surface area contributed by atoms with E-state index in [1.54, 1.807) is 14.2 Å². The van der Waals surface area contributed by atoms with Crippen molar-refractivity contribution in [1.82, 2.24) is 4.90 Å². The molecule has 0 aromatic heterocycles.